The van der Waals surface area contributed by atoms with E-state index in [1.807, 2.05) is 0 Å². The number of hydrogen-bond donors (Lipinski definition) is 2. The lowest BCUT2D eigenvalue weighted by Crippen LogP contribution is -2.24. The van der Waals surface area contributed by atoms with Gasteiger partial charge in [0.2, 0.25) is 5.13 Å². The number of aryl methyl sites for hydroxylation is 1. The molecule has 0 bridgehead atoms. The van der Waals surface area contributed by atoms with Crippen molar-refractivity contribution < 1.29 is 5.11 Å². The average Bonchev–Trinajstić information content (AvgIpc) is 2.64. The van der Waals surface area contributed by atoms with Crippen LogP contribution in [0.4, 0.5) is 5.13 Å². The van der Waals surface area contributed by atoms with E-state index >= 15 is 0 Å². The van der Waals surface area contributed by atoms with E-state index in [1.165, 1.54) is 11.5 Å². The Morgan fingerprint density at radius 3 is 2.81 bits per heavy atom. The van der Waals surface area contributed by atoms with Gasteiger partial charge in [-0.25, -0.2) is 4.98 Å². The maximum absolute atomic E-state index is 8.92. The van der Waals surface area contributed by atoms with Crippen LogP contribution in [0.3, 0.4) is 0 Å². The van der Waals surface area contributed by atoms with Crippen LogP contribution in [0.2, 0.25) is 0 Å². The molecule has 0 aliphatic rings. The Balaban J connectivity index is 2.41. The number of hydrogen-bond acceptors (Lipinski definition) is 5. The van der Waals surface area contributed by atoms with Crippen molar-refractivity contribution in [3.8, 4) is 0 Å². The Bertz CT molecular complexity index is 312. The molecule has 0 saturated heterocycles. The summed E-state index contributed by atoms with van der Waals surface area (Å²) in [6.45, 7) is 7.42. The summed E-state index contributed by atoms with van der Waals surface area (Å²) < 4.78 is 4.27. The van der Waals surface area contributed by atoms with E-state index in [0.29, 0.717) is 0 Å². The van der Waals surface area contributed by atoms with Crippen molar-refractivity contribution in [1.29, 1.82) is 0 Å². The molecule has 0 amide bonds. The first-order valence-corrected chi connectivity index (χ1v) is 6.52. The molecule has 1 aromatic rings. The van der Waals surface area contributed by atoms with Crippen molar-refractivity contribution in [3.63, 3.8) is 0 Å². The van der Waals surface area contributed by atoms with E-state index in [1.54, 1.807) is 0 Å². The zero-order valence-electron chi connectivity index (χ0n) is 10.3. The number of aliphatic hydroxyl groups is 1. The predicted octanol–water partition coefficient (Wildman–Crippen LogP) is 2.31. The summed E-state index contributed by atoms with van der Waals surface area (Å²) in [5.41, 5.74) is 0.0886. The lowest BCUT2D eigenvalue weighted by molar-refractivity contribution is 0.220. The molecule has 0 aromatic carbocycles. The molecule has 1 aromatic heterocycles. The molecule has 2 N–H and O–H groups in total. The van der Waals surface area contributed by atoms with Gasteiger partial charge in [-0.15, -0.1) is 0 Å². The van der Waals surface area contributed by atoms with Gasteiger partial charge in [0.15, 0.2) is 0 Å². The number of rotatable bonds is 7. The van der Waals surface area contributed by atoms with Crippen LogP contribution in [0.1, 0.15) is 39.4 Å². The van der Waals surface area contributed by atoms with E-state index < -0.39 is 0 Å². The van der Waals surface area contributed by atoms with Crippen LogP contribution in [0, 0.1) is 5.41 Å². The van der Waals surface area contributed by atoms with Gasteiger partial charge in [0.05, 0.1) is 0 Å². The third kappa shape index (κ3) is 4.45. The molecule has 0 saturated carbocycles. The van der Waals surface area contributed by atoms with Gasteiger partial charge >= 0.3 is 0 Å². The van der Waals surface area contributed by atoms with Gasteiger partial charge in [0, 0.05) is 31.1 Å². The molecular formula is C11H21N3OS. The van der Waals surface area contributed by atoms with Gasteiger partial charge < -0.3 is 10.4 Å². The second-order valence-electron chi connectivity index (χ2n) is 4.76. The molecule has 1 heterocycles. The van der Waals surface area contributed by atoms with E-state index in [9.17, 15) is 0 Å². The van der Waals surface area contributed by atoms with Gasteiger partial charge in [-0.05, 0) is 18.3 Å². The van der Waals surface area contributed by atoms with Crippen LogP contribution in [-0.4, -0.2) is 27.6 Å². The summed E-state index contributed by atoms with van der Waals surface area (Å²) in [4.78, 5) is 4.40. The van der Waals surface area contributed by atoms with E-state index in [2.05, 4.69) is 35.4 Å². The summed E-state index contributed by atoms with van der Waals surface area (Å²) in [6, 6.07) is 0. The zero-order valence-corrected chi connectivity index (χ0v) is 11.1. The third-order valence-electron chi connectivity index (χ3n) is 2.45. The fourth-order valence-electron chi connectivity index (χ4n) is 1.36. The Kier molecular flexibility index (Phi) is 5.15. The molecule has 92 valence electrons. The second-order valence-corrected chi connectivity index (χ2v) is 5.51. The van der Waals surface area contributed by atoms with Gasteiger partial charge in [0.25, 0.3) is 0 Å². The summed E-state index contributed by atoms with van der Waals surface area (Å²) in [6.07, 6.45) is 2.81. The average molecular weight is 243 g/mol. The minimum Gasteiger partial charge on any atom is -0.396 e. The molecule has 0 unspecified atom stereocenters. The van der Waals surface area contributed by atoms with Crippen LogP contribution in [0.15, 0.2) is 0 Å². The molecule has 5 heteroatoms. The highest BCUT2D eigenvalue weighted by Crippen LogP contribution is 2.21. The normalized spacial score (nSPS) is 11.8. The molecule has 16 heavy (non-hydrogen) atoms. The Morgan fingerprint density at radius 1 is 1.44 bits per heavy atom. The van der Waals surface area contributed by atoms with Crippen molar-refractivity contribution in [2.24, 2.45) is 5.41 Å². The topological polar surface area (TPSA) is 58.0 Å². The summed E-state index contributed by atoms with van der Waals surface area (Å²) in [7, 11) is 0. The van der Waals surface area contributed by atoms with Crippen molar-refractivity contribution in [1.82, 2.24) is 9.36 Å². The first-order chi connectivity index (χ1) is 7.57. The number of aliphatic hydroxyl groups excluding tert-OH is 1. The molecule has 0 aliphatic carbocycles. The van der Waals surface area contributed by atoms with Gasteiger partial charge in [-0.1, -0.05) is 20.8 Å². The highest BCUT2D eigenvalue weighted by Gasteiger charge is 2.17. The highest BCUT2D eigenvalue weighted by molar-refractivity contribution is 7.09. The molecule has 0 spiro atoms. The van der Waals surface area contributed by atoms with Crippen molar-refractivity contribution in [3.05, 3.63) is 5.82 Å². The minimum atomic E-state index is 0.0886. The SMILES string of the molecule is CCCc1nsc(NCC(C)(C)CCO)n1. The van der Waals surface area contributed by atoms with Crippen LogP contribution < -0.4 is 5.32 Å². The highest BCUT2D eigenvalue weighted by atomic mass is 32.1. The van der Waals surface area contributed by atoms with Gasteiger partial charge in [-0.3, -0.25) is 0 Å². The molecule has 4 nitrogen and oxygen atoms in total. The standard InChI is InChI=1S/C11H21N3OS/c1-4-5-9-13-10(16-14-9)12-8-11(2,3)6-7-15/h15H,4-8H2,1-3H3,(H,12,13,14). The maximum Gasteiger partial charge on any atom is 0.202 e. The lowest BCUT2D eigenvalue weighted by Gasteiger charge is -2.23. The monoisotopic (exact) mass is 243 g/mol. The largest absolute Gasteiger partial charge is 0.396 e. The quantitative estimate of drug-likeness (QED) is 0.771. The van der Waals surface area contributed by atoms with Crippen LogP contribution in [-0.2, 0) is 6.42 Å². The first-order valence-electron chi connectivity index (χ1n) is 5.75. The first kappa shape index (κ1) is 13.4. The Morgan fingerprint density at radius 2 is 2.19 bits per heavy atom. The van der Waals surface area contributed by atoms with Gasteiger partial charge in [0.1, 0.15) is 5.82 Å². The number of nitrogens with zero attached hydrogens (tertiary/aromatic N) is 2. The Hall–Kier alpha value is -0.680. The Labute approximate surface area is 101 Å². The fourth-order valence-corrected chi connectivity index (χ4v) is 1.96. The van der Waals surface area contributed by atoms with Crippen molar-refractivity contribution in [2.75, 3.05) is 18.5 Å². The number of nitrogens with one attached hydrogen (secondary N) is 1. The number of aromatic nitrogens is 2. The molecule has 0 fully saturated rings. The van der Waals surface area contributed by atoms with Crippen LogP contribution >= 0.6 is 11.5 Å². The molecular weight excluding hydrogens is 222 g/mol. The second kappa shape index (κ2) is 6.15. The molecule has 0 aliphatic heterocycles. The molecule has 1 rings (SSSR count). The van der Waals surface area contributed by atoms with Gasteiger partial charge in [-0.2, -0.15) is 4.37 Å². The lowest BCUT2D eigenvalue weighted by atomic mass is 9.90. The van der Waals surface area contributed by atoms with Crippen LogP contribution in [0.25, 0.3) is 0 Å². The third-order valence-corrected chi connectivity index (χ3v) is 3.16. The molecule has 0 radical (unpaired) electrons. The van der Waals surface area contributed by atoms with Crippen molar-refractivity contribution in [2.45, 2.75) is 40.0 Å². The molecule has 0 atom stereocenters. The van der Waals surface area contributed by atoms with E-state index in [-0.39, 0.29) is 12.0 Å². The smallest absolute Gasteiger partial charge is 0.202 e. The van der Waals surface area contributed by atoms with Crippen molar-refractivity contribution >= 4 is 16.7 Å². The predicted molar refractivity (Wildman–Crippen MR) is 67.9 cm³/mol. The summed E-state index contributed by atoms with van der Waals surface area (Å²) in [5, 5.41) is 13.1. The van der Waals surface area contributed by atoms with E-state index in [4.69, 9.17) is 5.11 Å². The van der Waals surface area contributed by atoms with E-state index in [0.717, 1.165) is 36.8 Å². The van der Waals surface area contributed by atoms with Crippen LogP contribution in [0.5, 0.6) is 0 Å². The maximum atomic E-state index is 8.92. The number of anilines is 1. The fraction of sp³-hybridized carbons (Fsp3) is 0.818. The summed E-state index contributed by atoms with van der Waals surface area (Å²) >= 11 is 1.41. The summed E-state index contributed by atoms with van der Waals surface area (Å²) in [5.74, 6) is 0.926. The minimum absolute atomic E-state index is 0.0886. The zero-order chi connectivity index (χ0) is 12.0.